The van der Waals surface area contributed by atoms with E-state index in [1.807, 2.05) is 14.0 Å². The smallest absolute Gasteiger partial charge is 0.142 e. The third-order valence-electron chi connectivity index (χ3n) is 3.46. The fourth-order valence-electron chi connectivity index (χ4n) is 2.47. The Hall–Kier alpha value is -1.76. The van der Waals surface area contributed by atoms with Gasteiger partial charge in [-0.3, -0.25) is 4.68 Å². The first-order valence-electron chi connectivity index (χ1n) is 6.58. The molecule has 96 valence electrons. The predicted molar refractivity (Wildman–Crippen MR) is 72.3 cm³/mol. The van der Waals surface area contributed by atoms with Crippen LogP contribution in [0, 0.1) is 18.3 Å². The molecule has 1 aliphatic rings. The van der Waals surface area contributed by atoms with Crippen LogP contribution in [0.3, 0.4) is 0 Å². The number of nitrogens with one attached hydrogen (secondary N) is 1. The maximum atomic E-state index is 9.11. The summed E-state index contributed by atoms with van der Waals surface area (Å²) in [5.74, 6) is 0.839. The molecule has 1 aliphatic carbocycles. The van der Waals surface area contributed by atoms with E-state index >= 15 is 0 Å². The van der Waals surface area contributed by atoms with Crippen molar-refractivity contribution in [3.8, 4) is 6.07 Å². The molecule has 0 saturated heterocycles. The van der Waals surface area contributed by atoms with Crippen LogP contribution in [-0.2, 0) is 7.05 Å². The van der Waals surface area contributed by atoms with Crippen molar-refractivity contribution < 1.29 is 0 Å². The first-order chi connectivity index (χ1) is 8.72. The second kappa shape index (κ2) is 5.72. The molecule has 1 heterocycles. The highest BCUT2D eigenvalue weighted by Crippen LogP contribution is 2.21. The third kappa shape index (κ3) is 2.73. The molecule has 0 saturated carbocycles. The molecule has 4 nitrogen and oxygen atoms in total. The standard InChI is InChI=1S/C14H20N4/c1-11-13(10-15)14(18(2)17-11)16-9-8-12-6-4-3-5-7-12/h6,16H,3-5,7-9H2,1-2H3. The Kier molecular flexibility index (Phi) is 4.03. The molecule has 0 radical (unpaired) electrons. The van der Waals surface area contributed by atoms with Crippen LogP contribution < -0.4 is 5.32 Å². The minimum atomic E-state index is 0.662. The minimum absolute atomic E-state index is 0.662. The first-order valence-corrected chi connectivity index (χ1v) is 6.58. The summed E-state index contributed by atoms with van der Waals surface area (Å²) in [5, 5.41) is 16.7. The third-order valence-corrected chi connectivity index (χ3v) is 3.46. The zero-order chi connectivity index (χ0) is 13.0. The number of nitriles is 1. The van der Waals surface area contributed by atoms with E-state index in [0.717, 1.165) is 24.5 Å². The summed E-state index contributed by atoms with van der Waals surface area (Å²) in [4.78, 5) is 0. The summed E-state index contributed by atoms with van der Waals surface area (Å²) in [6.45, 7) is 2.74. The van der Waals surface area contributed by atoms with Crippen molar-refractivity contribution in [3.63, 3.8) is 0 Å². The largest absolute Gasteiger partial charge is 0.369 e. The zero-order valence-electron chi connectivity index (χ0n) is 11.2. The highest BCUT2D eigenvalue weighted by molar-refractivity contribution is 5.54. The highest BCUT2D eigenvalue weighted by Gasteiger charge is 2.12. The first kappa shape index (κ1) is 12.7. The number of aryl methyl sites for hydroxylation is 2. The van der Waals surface area contributed by atoms with Crippen LogP contribution in [0.5, 0.6) is 0 Å². The predicted octanol–water partition coefficient (Wildman–Crippen LogP) is 2.90. The van der Waals surface area contributed by atoms with E-state index in [0.29, 0.717) is 5.56 Å². The van der Waals surface area contributed by atoms with Crippen molar-refractivity contribution >= 4 is 5.82 Å². The summed E-state index contributed by atoms with van der Waals surface area (Å²) in [7, 11) is 1.87. The number of anilines is 1. The Morgan fingerprint density at radius 2 is 2.33 bits per heavy atom. The molecule has 1 aromatic heterocycles. The Balaban J connectivity index is 1.94. The van der Waals surface area contributed by atoms with E-state index in [1.54, 1.807) is 10.3 Å². The van der Waals surface area contributed by atoms with Crippen LogP contribution in [0.1, 0.15) is 43.4 Å². The van der Waals surface area contributed by atoms with Crippen molar-refractivity contribution in [2.45, 2.75) is 39.0 Å². The second-order valence-corrected chi connectivity index (χ2v) is 4.83. The Morgan fingerprint density at radius 3 is 3.00 bits per heavy atom. The quantitative estimate of drug-likeness (QED) is 0.828. The van der Waals surface area contributed by atoms with Crippen molar-refractivity contribution in [2.75, 3.05) is 11.9 Å². The van der Waals surface area contributed by atoms with Crippen molar-refractivity contribution in [1.82, 2.24) is 9.78 Å². The number of hydrogen-bond acceptors (Lipinski definition) is 3. The molecule has 0 aliphatic heterocycles. The normalized spacial score (nSPS) is 15.1. The molecule has 0 fully saturated rings. The van der Waals surface area contributed by atoms with Crippen molar-refractivity contribution in [1.29, 1.82) is 5.26 Å². The van der Waals surface area contributed by atoms with E-state index in [2.05, 4.69) is 22.6 Å². The minimum Gasteiger partial charge on any atom is -0.369 e. The van der Waals surface area contributed by atoms with Gasteiger partial charge in [-0.25, -0.2) is 0 Å². The van der Waals surface area contributed by atoms with Gasteiger partial charge in [0.25, 0.3) is 0 Å². The van der Waals surface area contributed by atoms with Gasteiger partial charge in [0, 0.05) is 13.6 Å². The van der Waals surface area contributed by atoms with Gasteiger partial charge in [0.1, 0.15) is 17.5 Å². The van der Waals surface area contributed by atoms with Gasteiger partial charge in [-0.1, -0.05) is 11.6 Å². The molecule has 0 bridgehead atoms. The maximum absolute atomic E-state index is 9.11. The van der Waals surface area contributed by atoms with Gasteiger partial charge in [0.15, 0.2) is 0 Å². The molecule has 0 aromatic carbocycles. The molecule has 0 atom stereocenters. The second-order valence-electron chi connectivity index (χ2n) is 4.83. The zero-order valence-corrected chi connectivity index (χ0v) is 11.2. The van der Waals surface area contributed by atoms with Gasteiger partial charge in [0.05, 0.1) is 5.69 Å². The van der Waals surface area contributed by atoms with E-state index in [-0.39, 0.29) is 0 Å². The number of hydrogen-bond donors (Lipinski definition) is 1. The van der Waals surface area contributed by atoms with Crippen LogP contribution in [0.2, 0.25) is 0 Å². The van der Waals surface area contributed by atoms with Crippen molar-refractivity contribution in [3.05, 3.63) is 22.9 Å². The van der Waals surface area contributed by atoms with Gasteiger partial charge >= 0.3 is 0 Å². The van der Waals surface area contributed by atoms with Crippen LogP contribution in [0.25, 0.3) is 0 Å². The average Bonchev–Trinajstić information content (AvgIpc) is 2.65. The summed E-state index contributed by atoms with van der Waals surface area (Å²) in [5.41, 5.74) is 3.00. The van der Waals surface area contributed by atoms with E-state index < -0.39 is 0 Å². The summed E-state index contributed by atoms with van der Waals surface area (Å²) >= 11 is 0. The van der Waals surface area contributed by atoms with Gasteiger partial charge < -0.3 is 5.32 Å². The molecule has 0 spiro atoms. The molecule has 0 amide bonds. The van der Waals surface area contributed by atoms with Gasteiger partial charge in [0.2, 0.25) is 0 Å². The van der Waals surface area contributed by atoms with Crippen LogP contribution in [0.4, 0.5) is 5.82 Å². The lowest BCUT2D eigenvalue weighted by molar-refractivity contribution is 0.677. The Labute approximate surface area is 108 Å². The fraction of sp³-hybridized carbons (Fsp3) is 0.571. The summed E-state index contributed by atoms with van der Waals surface area (Å²) in [6.07, 6.45) is 8.54. The molecule has 2 rings (SSSR count). The Bertz CT molecular complexity index is 491. The SMILES string of the molecule is Cc1nn(C)c(NCCC2=CCCCC2)c1C#N. The number of nitrogens with zero attached hydrogens (tertiary/aromatic N) is 3. The summed E-state index contributed by atoms with van der Waals surface area (Å²) < 4.78 is 1.75. The van der Waals surface area contributed by atoms with Crippen LogP contribution in [-0.4, -0.2) is 16.3 Å². The summed E-state index contributed by atoms with van der Waals surface area (Å²) in [6, 6.07) is 2.21. The lowest BCUT2D eigenvalue weighted by Crippen LogP contribution is -2.09. The van der Waals surface area contributed by atoms with Gasteiger partial charge in [-0.15, -0.1) is 0 Å². The molecular formula is C14H20N4. The van der Waals surface area contributed by atoms with E-state index in [1.165, 1.54) is 25.7 Å². The van der Waals surface area contributed by atoms with Gasteiger partial charge in [-0.05, 0) is 39.0 Å². The Morgan fingerprint density at radius 1 is 1.50 bits per heavy atom. The molecular weight excluding hydrogens is 224 g/mol. The van der Waals surface area contributed by atoms with E-state index in [4.69, 9.17) is 5.26 Å². The fourth-order valence-corrected chi connectivity index (χ4v) is 2.47. The number of rotatable bonds is 4. The molecule has 1 N–H and O–H groups in total. The number of allylic oxidation sites excluding steroid dienone is 1. The van der Waals surface area contributed by atoms with Gasteiger partial charge in [-0.2, -0.15) is 10.4 Å². The number of aromatic nitrogens is 2. The van der Waals surface area contributed by atoms with E-state index in [9.17, 15) is 0 Å². The topological polar surface area (TPSA) is 53.6 Å². The van der Waals surface area contributed by atoms with Crippen LogP contribution in [0.15, 0.2) is 11.6 Å². The monoisotopic (exact) mass is 244 g/mol. The lowest BCUT2D eigenvalue weighted by Gasteiger charge is -2.13. The lowest BCUT2D eigenvalue weighted by atomic mass is 9.97. The highest BCUT2D eigenvalue weighted by atomic mass is 15.3. The molecule has 1 aromatic rings. The molecule has 0 unspecified atom stereocenters. The maximum Gasteiger partial charge on any atom is 0.142 e. The molecule has 4 heteroatoms. The van der Waals surface area contributed by atoms with Crippen LogP contribution >= 0.6 is 0 Å². The van der Waals surface area contributed by atoms with Crippen molar-refractivity contribution in [2.24, 2.45) is 7.05 Å². The average molecular weight is 244 g/mol. The molecule has 18 heavy (non-hydrogen) atoms.